The van der Waals surface area contributed by atoms with Crippen molar-refractivity contribution in [3.05, 3.63) is 35.9 Å². The van der Waals surface area contributed by atoms with Crippen molar-refractivity contribution in [1.82, 2.24) is 10.2 Å². The molecule has 2 fully saturated rings. The molecule has 1 amide bonds. The van der Waals surface area contributed by atoms with Crippen LogP contribution in [0.25, 0.3) is 0 Å². The number of carbonyl (C=O) groups is 1. The van der Waals surface area contributed by atoms with Crippen LogP contribution >= 0.6 is 0 Å². The maximum absolute atomic E-state index is 12.3. The maximum Gasteiger partial charge on any atom is 0.249 e. The number of benzene rings is 1. The summed E-state index contributed by atoms with van der Waals surface area (Å²) in [5.41, 5.74) is 6.95. The van der Waals surface area contributed by atoms with Crippen molar-refractivity contribution >= 4 is 5.91 Å². The lowest BCUT2D eigenvalue weighted by atomic mass is 10.0. The van der Waals surface area contributed by atoms with E-state index in [0.717, 1.165) is 32.4 Å². The van der Waals surface area contributed by atoms with Gasteiger partial charge < -0.3 is 15.8 Å². The molecule has 5 nitrogen and oxygen atoms in total. The van der Waals surface area contributed by atoms with Crippen LogP contribution in [0.15, 0.2) is 30.3 Å². The van der Waals surface area contributed by atoms with Gasteiger partial charge in [-0.25, -0.2) is 0 Å². The van der Waals surface area contributed by atoms with Crippen LogP contribution in [-0.4, -0.2) is 48.7 Å². The highest BCUT2D eigenvalue weighted by atomic mass is 16.5. The first-order chi connectivity index (χ1) is 11.8. The number of carbonyl (C=O) groups excluding carboxylic acids is 1. The number of likely N-dealkylation sites (tertiary alicyclic amines) is 1. The van der Waals surface area contributed by atoms with E-state index in [2.05, 4.69) is 34.5 Å². The van der Waals surface area contributed by atoms with Crippen LogP contribution < -0.4 is 11.1 Å². The third-order valence-electron chi connectivity index (χ3n) is 5.15. The molecule has 5 heteroatoms. The van der Waals surface area contributed by atoms with Gasteiger partial charge in [0, 0.05) is 25.7 Å². The SMILES string of the molecule is NC[C@H]1CC[C@@H](C(=O)NCC2CCCCN2Cc2ccccc2)O1. The van der Waals surface area contributed by atoms with Gasteiger partial charge in [0.1, 0.15) is 6.10 Å². The average Bonchev–Trinajstić information content (AvgIpc) is 3.11. The Morgan fingerprint density at radius 3 is 2.79 bits per heavy atom. The van der Waals surface area contributed by atoms with Crippen molar-refractivity contribution in [1.29, 1.82) is 0 Å². The third-order valence-corrected chi connectivity index (χ3v) is 5.15. The maximum atomic E-state index is 12.3. The Balaban J connectivity index is 1.50. The van der Waals surface area contributed by atoms with Crippen LogP contribution in [0.5, 0.6) is 0 Å². The molecule has 0 spiro atoms. The molecule has 0 bridgehead atoms. The van der Waals surface area contributed by atoms with Gasteiger partial charge in [0.2, 0.25) is 5.91 Å². The van der Waals surface area contributed by atoms with Crippen LogP contribution in [0.3, 0.4) is 0 Å². The number of hydrogen-bond acceptors (Lipinski definition) is 4. The molecule has 0 aliphatic carbocycles. The number of rotatable bonds is 6. The second-order valence-electron chi connectivity index (χ2n) is 6.91. The van der Waals surface area contributed by atoms with Gasteiger partial charge in [-0.2, -0.15) is 0 Å². The van der Waals surface area contributed by atoms with Gasteiger partial charge in [-0.15, -0.1) is 0 Å². The summed E-state index contributed by atoms with van der Waals surface area (Å²) in [6, 6.07) is 11.0. The molecule has 1 unspecified atom stereocenters. The minimum absolute atomic E-state index is 0.0242. The third kappa shape index (κ3) is 4.56. The summed E-state index contributed by atoms with van der Waals surface area (Å²) < 4.78 is 5.68. The van der Waals surface area contributed by atoms with Crippen molar-refractivity contribution < 1.29 is 9.53 Å². The second kappa shape index (κ2) is 8.60. The minimum atomic E-state index is -0.315. The average molecular weight is 331 g/mol. The smallest absolute Gasteiger partial charge is 0.249 e. The fourth-order valence-corrected chi connectivity index (χ4v) is 3.72. The molecule has 3 rings (SSSR count). The lowest BCUT2D eigenvalue weighted by molar-refractivity contribution is -0.132. The summed E-state index contributed by atoms with van der Waals surface area (Å²) in [4.78, 5) is 14.8. The van der Waals surface area contributed by atoms with Crippen molar-refractivity contribution in [3.63, 3.8) is 0 Å². The minimum Gasteiger partial charge on any atom is -0.364 e. The molecule has 132 valence electrons. The first-order valence-corrected chi connectivity index (χ1v) is 9.17. The van der Waals surface area contributed by atoms with E-state index in [0.29, 0.717) is 19.1 Å². The molecule has 3 atom stereocenters. The first kappa shape index (κ1) is 17.4. The Hall–Kier alpha value is -1.43. The van der Waals surface area contributed by atoms with Crippen molar-refractivity contribution in [2.75, 3.05) is 19.6 Å². The van der Waals surface area contributed by atoms with Crippen LogP contribution in [-0.2, 0) is 16.1 Å². The summed E-state index contributed by atoms with van der Waals surface area (Å²) in [5.74, 6) is 0.0242. The van der Waals surface area contributed by atoms with Gasteiger partial charge in [-0.3, -0.25) is 9.69 Å². The van der Waals surface area contributed by atoms with E-state index in [1.165, 1.54) is 18.4 Å². The Kier molecular flexibility index (Phi) is 6.24. The van der Waals surface area contributed by atoms with E-state index < -0.39 is 0 Å². The fourth-order valence-electron chi connectivity index (χ4n) is 3.72. The molecule has 0 radical (unpaired) electrons. The Labute approximate surface area is 144 Å². The molecule has 0 saturated carbocycles. The normalized spacial score (nSPS) is 28.0. The Morgan fingerprint density at radius 2 is 2.04 bits per heavy atom. The highest BCUT2D eigenvalue weighted by Gasteiger charge is 2.30. The molecule has 3 N–H and O–H groups in total. The zero-order chi connectivity index (χ0) is 16.8. The van der Waals surface area contributed by atoms with E-state index in [1.807, 2.05) is 6.07 Å². The van der Waals surface area contributed by atoms with E-state index in [1.54, 1.807) is 0 Å². The number of amides is 1. The monoisotopic (exact) mass is 331 g/mol. The predicted octanol–water partition coefficient (Wildman–Crippen LogP) is 1.66. The van der Waals surface area contributed by atoms with Gasteiger partial charge in [-0.05, 0) is 37.8 Å². The number of piperidine rings is 1. The molecule has 2 saturated heterocycles. The van der Waals surface area contributed by atoms with Crippen molar-refractivity contribution in [3.8, 4) is 0 Å². The van der Waals surface area contributed by atoms with Crippen LogP contribution in [0.4, 0.5) is 0 Å². The molecule has 2 aliphatic rings. The predicted molar refractivity (Wildman–Crippen MR) is 94.5 cm³/mol. The van der Waals surface area contributed by atoms with Crippen molar-refractivity contribution in [2.45, 2.75) is 56.9 Å². The molecule has 0 aromatic heterocycles. The van der Waals surface area contributed by atoms with Gasteiger partial charge in [-0.1, -0.05) is 36.8 Å². The van der Waals surface area contributed by atoms with Gasteiger partial charge >= 0.3 is 0 Å². The summed E-state index contributed by atoms with van der Waals surface area (Å²) in [6.07, 6.45) is 5.02. The highest BCUT2D eigenvalue weighted by Crippen LogP contribution is 2.21. The van der Waals surface area contributed by atoms with Crippen LogP contribution in [0, 0.1) is 0 Å². The van der Waals surface area contributed by atoms with Gasteiger partial charge in [0.15, 0.2) is 0 Å². The fraction of sp³-hybridized carbons (Fsp3) is 0.632. The van der Waals surface area contributed by atoms with Crippen molar-refractivity contribution in [2.24, 2.45) is 5.73 Å². The topological polar surface area (TPSA) is 67.6 Å². The molecule has 1 aromatic carbocycles. The number of ether oxygens (including phenoxy) is 1. The largest absolute Gasteiger partial charge is 0.364 e. The zero-order valence-electron chi connectivity index (χ0n) is 14.3. The van der Waals surface area contributed by atoms with Crippen LogP contribution in [0.2, 0.25) is 0 Å². The molecule has 1 aromatic rings. The van der Waals surface area contributed by atoms with E-state index in [9.17, 15) is 4.79 Å². The summed E-state index contributed by atoms with van der Waals surface area (Å²) in [5, 5.41) is 3.11. The summed E-state index contributed by atoms with van der Waals surface area (Å²) in [7, 11) is 0. The number of nitrogens with two attached hydrogens (primary N) is 1. The Morgan fingerprint density at radius 1 is 1.21 bits per heavy atom. The van der Waals surface area contributed by atoms with E-state index in [-0.39, 0.29) is 18.1 Å². The standard InChI is InChI=1S/C19H29N3O2/c20-12-17-9-10-18(24-17)19(23)21-13-16-8-4-5-11-22(16)14-15-6-2-1-3-7-15/h1-3,6-7,16-18H,4-5,8-14,20H2,(H,21,23)/t16?,17-,18+/m1/s1. The van der Waals surface area contributed by atoms with Gasteiger partial charge in [0.25, 0.3) is 0 Å². The number of hydrogen-bond donors (Lipinski definition) is 2. The Bertz CT molecular complexity index is 523. The molecule has 24 heavy (non-hydrogen) atoms. The lowest BCUT2D eigenvalue weighted by Gasteiger charge is -2.36. The molecule has 2 heterocycles. The highest BCUT2D eigenvalue weighted by molar-refractivity contribution is 5.81. The number of nitrogens with zero attached hydrogens (tertiary/aromatic N) is 1. The first-order valence-electron chi connectivity index (χ1n) is 9.17. The van der Waals surface area contributed by atoms with E-state index in [4.69, 9.17) is 10.5 Å². The lowest BCUT2D eigenvalue weighted by Crippen LogP contribution is -2.48. The second-order valence-corrected chi connectivity index (χ2v) is 6.91. The number of nitrogens with one attached hydrogen (secondary N) is 1. The molecular weight excluding hydrogens is 302 g/mol. The summed E-state index contributed by atoms with van der Waals surface area (Å²) >= 11 is 0. The quantitative estimate of drug-likeness (QED) is 0.832. The van der Waals surface area contributed by atoms with Crippen LogP contribution in [0.1, 0.15) is 37.7 Å². The summed E-state index contributed by atoms with van der Waals surface area (Å²) in [6.45, 7) is 3.26. The zero-order valence-corrected chi connectivity index (χ0v) is 14.3. The van der Waals surface area contributed by atoms with Gasteiger partial charge in [0.05, 0.1) is 6.10 Å². The van der Waals surface area contributed by atoms with E-state index >= 15 is 0 Å². The molecule has 2 aliphatic heterocycles. The molecular formula is C19H29N3O2.